The number of aliphatic hydroxyl groups is 1. The minimum atomic E-state index is -0.529. The van der Waals surface area contributed by atoms with Crippen LogP contribution in [0.3, 0.4) is 0 Å². The second-order valence-electron chi connectivity index (χ2n) is 5.04. The van der Waals surface area contributed by atoms with Crippen LogP contribution in [0.4, 0.5) is 4.39 Å². The summed E-state index contributed by atoms with van der Waals surface area (Å²) in [5.41, 5.74) is 0. The zero-order chi connectivity index (χ0) is 14.7. The third-order valence-corrected chi connectivity index (χ3v) is 3.81. The molecule has 1 saturated heterocycles. The Bertz CT molecular complexity index is 497. The van der Waals surface area contributed by atoms with Crippen LogP contribution in [0.5, 0.6) is 5.75 Å². The minimum Gasteiger partial charge on any atom is -0.484 e. The van der Waals surface area contributed by atoms with Crippen LogP contribution in [0.1, 0.15) is 13.3 Å². The number of carbonyl (C=O) groups is 1. The van der Waals surface area contributed by atoms with E-state index in [0.717, 1.165) is 6.42 Å². The second kappa shape index (κ2) is 6.41. The molecule has 110 valence electrons. The Labute approximate surface area is 122 Å². The molecule has 1 aliphatic rings. The van der Waals surface area contributed by atoms with Crippen LogP contribution in [0.15, 0.2) is 18.2 Å². The lowest BCUT2D eigenvalue weighted by molar-refractivity contribution is -0.137. The van der Waals surface area contributed by atoms with E-state index in [9.17, 15) is 14.3 Å². The quantitative estimate of drug-likeness (QED) is 0.930. The van der Waals surface area contributed by atoms with E-state index in [-0.39, 0.29) is 23.5 Å². The summed E-state index contributed by atoms with van der Waals surface area (Å²) in [7, 11) is 0. The number of piperidine rings is 1. The van der Waals surface area contributed by atoms with Gasteiger partial charge < -0.3 is 14.7 Å². The van der Waals surface area contributed by atoms with E-state index in [1.54, 1.807) is 4.90 Å². The Hall–Kier alpha value is -1.33. The number of rotatable bonds is 3. The van der Waals surface area contributed by atoms with Gasteiger partial charge in [0.05, 0.1) is 11.1 Å². The molecule has 1 aromatic carbocycles. The Balaban J connectivity index is 1.87. The highest BCUT2D eigenvalue weighted by Gasteiger charge is 2.27. The molecule has 0 saturated carbocycles. The minimum absolute atomic E-state index is 0.0443. The SMILES string of the molecule is CC1CCN(C(=O)COc2ccc(F)c(Cl)c2)CC1O. The topological polar surface area (TPSA) is 49.8 Å². The highest BCUT2D eigenvalue weighted by Crippen LogP contribution is 2.21. The molecular formula is C14H17ClFNO3. The van der Waals surface area contributed by atoms with Crippen molar-refractivity contribution in [1.82, 2.24) is 4.90 Å². The molecule has 0 radical (unpaired) electrons. The van der Waals surface area contributed by atoms with Crippen LogP contribution < -0.4 is 4.74 Å². The van der Waals surface area contributed by atoms with Crippen molar-refractivity contribution in [2.45, 2.75) is 19.4 Å². The molecule has 4 nitrogen and oxygen atoms in total. The number of benzene rings is 1. The van der Waals surface area contributed by atoms with Gasteiger partial charge in [-0.15, -0.1) is 0 Å². The number of carbonyl (C=O) groups excluding carboxylic acids is 1. The Kier molecular flexibility index (Phi) is 4.83. The van der Waals surface area contributed by atoms with E-state index in [2.05, 4.69) is 0 Å². The van der Waals surface area contributed by atoms with Gasteiger partial charge in [0, 0.05) is 19.2 Å². The Morgan fingerprint density at radius 3 is 3.00 bits per heavy atom. The molecule has 2 unspecified atom stereocenters. The van der Waals surface area contributed by atoms with Crippen molar-refractivity contribution in [2.75, 3.05) is 19.7 Å². The lowest BCUT2D eigenvalue weighted by Gasteiger charge is -2.34. The molecule has 20 heavy (non-hydrogen) atoms. The van der Waals surface area contributed by atoms with Gasteiger partial charge in [-0.05, 0) is 24.5 Å². The van der Waals surface area contributed by atoms with Crippen LogP contribution in [-0.2, 0) is 4.79 Å². The molecule has 0 spiro atoms. The van der Waals surface area contributed by atoms with Crippen molar-refractivity contribution >= 4 is 17.5 Å². The number of hydrogen-bond acceptors (Lipinski definition) is 3. The average Bonchev–Trinajstić information content (AvgIpc) is 2.43. The zero-order valence-electron chi connectivity index (χ0n) is 11.2. The van der Waals surface area contributed by atoms with Gasteiger partial charge in [0.2, 0.25) is 0 Å². The van der Waals surface area contributed by atoms with Crippen molar-refractivity contribution < 1.29 is 19.0 Å². The summed E-state index contributed by atoms with van der Waals surface area (Å²) in [6.07, 6.45) is 0.280. The monoisotopic (exact) mass is 301 g/mol. The van der Waals surface area contributed by atoms with E-state index in [4.69, 9.17) is 16.3 Å². The van der Waals surface area contributed by atoms with Crippen LogP contribution in [-0.4, -0.2) is 41.7 Å². The standard InChI is InChI=1S/C14H17ClFNO3/c1-9-4-5-17(7-13(9)18)14(19)8-20-10-2-3-12(16)11(15)6-10/h2-3,6,9,13,18H,4-5,7-8H2,1H3. The Morgan fingerprint density at radius 2 is 2.35 bits per heavy atom. The molecule has 1 aromatic rings. The highest BCUT2D eigenvalue weighted by molar-refractivity contribution is 6.30. The first kappa shape index (κ1) is 15.1. The molecule has 2 atom stereocenters. The van der Waals surface area contributed by atoms with Crippen molar-refractivity contribution in [3.05, 3.63) is 29.0 Å². The first-order valence-electron chi connectivity index (χ1n) is 6.51. The van der Waals surface area contributed by atoms with Crippen molar-refractivity contribution in [3.63, 3.8) is 0 Å². The number of ether oxygens (including phenoxy) is 1. The van der Waals surface area contributed by atoms with Gasteiger partial charge in [-0.1, -0.05) is 18.5 Å². The molecule has 0 bridgehead atoms. The van der Waals surface area contributed by atoms with Crippen LogP contribution >= 0.6 is 11.6 Å². The lowest BCUT2D eigenvalue weighted by Crippen LogP contribution is -2.47. The van der Waals surface area contributed by atoms with Crippen molar-refractivity contribution in [1.29, 1.82) is 0 Å². The van der Waals surface area contributed by atoms with Gasteiger partial charge in [-0.25, -0.2) is 4.39 Å². The number of halogens is 2. The van der Waals surface area contributed by atoms with E-state index >= 15 is 0 Å². The lowest BCUT2D eigenvalue weighted by atomic mass is 9.96. The number of hydrogen-bond donors (Lipinski definition) is 1. The first-order valence-corrected chi connectivity index (χ1v) is 6.89. The van der Waals surface area contributed by atoms with Crippen LogP contribution in [0, 0.1) is 11.7 Å². The maximum Gasteiger partial charge on any atom is 0.260 e. The van der Waals surface area contributed by atoms with Gasteiger partial charge in [-0.3, -0.25) is 4.79 Å². The molecule has 0 aliphatic carbocycles. The van der Waals surface area contributed by atoms with Crippen LogP contribution in [0.25, 0.3) is 0 Å². The predicted octanol–water partition coefficient (Wildman–Crippen LogP) is 2.09. The van der Waals surface area contributed by atoms with Gasteiger partial charge >= 0.3 is 0 Å². The van der Waals surface area contributed by atoms with E-state index in [0.29, 0.717) is 18.8 Å². The normalized spacial score (nSPS) is 22.7. The Morgan fingerprint density at radius 1 is 1.60 bits per heavy atom. The van der Waals surface area contributed by atoms with E-state index < -0.39 is 11.9 Å². The summed E-state index contributed by atoms with van der Waals surface area (Å²) >= 11 is 5.63. The van der Waals surface area contributed by atoms with Crippen LogP contribution in [0.2, 0.25) is 5.02 Å². The predicted molar refractivity (Wildman–Crippen MR) is 73.3 cm³/mol. The average molecular weight is 302 g/mol. The number of amides is 1. The van der Waals surface area contributed by atoms with Gasteiger partial charge in [0.1, 0.15) is 11.6 Å². The van der Waals surface area contributed by atoms with E-state index in [1.165, 1.54) is 18.2 Å². The fraction of sp³-hybridized carbons (Fsp3) is 0.500. The molecule has 1 aliphatic heterocycles. The summed E-state index contributed by atoms with van der Waals surface area (Å²) in [6, 6.07) is 3.94. The first-order chi connectivity index (χ1) is 9.47. The van der Waals surface area contributed by atoms with Crippen molar-refractivity contribution in [2.24, 2.45) is 5.92 Å². The van der Waals surface area contributed by atoms with E-state index in [1.807, 2.05) is 6.92 Å². The molecule has 2 rings (SSSR count). The second-order valence-corrected chi connectivity index (χ2v) is 5.44. The fourth-order valence-corrected chi connectivity index (χ4v) is 2.25. The maximum atomic E-state index is 13.0. The number of aliphatic hydroxyl groups excluding tert-OH is 1. The number of likely N-dealkylation sites (tertiary alicyclic amines) is 1. The zero-order valence-corrected chi connectivity index (χ0v) is 11.9. The molecule has 1 amide bonds. The number of nitrogens with zero attached hydrogens (tertiary/aromatic N) is 1. The third kappa shape index (κ3) is 3.61. The summed E-state index contributed by atoms with van der Waals surface area (Å²) in [4.78, 5) is 13.5. The summed E-state index contributed by atoms with van der Waals surface area (Å²) in [6.45, 7) is 2.75. The number of β-amino-alcohol motifs (C(OH)–C–C–N with tert-alkyl or cyclic N) is 1. The van der Waals surface area contributed by atoms with Gasteiger partial charge in [0.15, 0.2) is 6.61 Å². The van der Waals surface area contributed by atoms with Crippen molar-refractivity contribution in [3.8, 4) is 5.75 Å². The summed E-state index contributed by atoms with van der Waals surface area (Å²) in [5, 5.41) is 9.71. The highest BCUT2D eigenvalue weighted by atomic mass is 35.5. The largest absolute Gasteiger partial charge is 0.484 e. The summed E-state index contributed by atoms with van der Waals surface area (Å²) < 4.78 is 18.3. The maximum absolute atomic E-state index is 13.0. The molecule has 0 aromatic heterocycles. The smallest absolute Gasteiger partial charge is 0.260 e. The molecule has 1 heterocycles. The van der Waals surface area contributed by atoms with Gasteiger partial charge in [0.25, 0.3) is 5.91 Å². The molecule has 1 fully saturated rings. The molecular weight excluding hydrogens is 285 g/mol. The molecule has 6 heteroatoms. The summed E-state index contributed by atoms with van der Waals surface area (Å²) in [5.74, 6) is -0.179. The molecule has 1 N–H and O–H groups in total. The van der Waals surface area contributed by atoms with Gasteiger partial charge in [-0.2, -0.15) is 0 Å². The fourth-order valence-electron chi connectivity index (χ4n) is 2.08. The third-order valence-electron chi connectivity index (χ3n) is 3.52.